The van der Waals surface area contributed by atoms with E-state index < -0.39 is 32.9 Å². The third kappa shape index (κ3) is 4.63. The van der Waals surface area contributed by atoms with Crippen LogP contribution in [0.4, 0.5) is 13.2 Å². The van der Waals surface area contributed by atoms with E-state index in [4.69, 9.17) is 9.84 Å². The lowest BCUT2D eigenvalue weighted by atomic mass is 10.2. The van der Waals surface area contributed by atoms with Crippen LogP contribution in [0.1, 0.15) is 15.9 Å². The van der Waals surface area contributed by atoms with Crippen molar-refractivity contribution in [1.29, 1.82) is 0 Å². The van der Waals surface area contributed by atoms with Gasteiger partial charge in [0.25, 0.3) is 0 Å². The maximum atomic E-state index is 12.4. The van der Waals surface area contributed by atoms with E-state index in [-0.39, 0.29) is 12.4 Å². The van der Waals surface area contributed by atoms with Gasteiger partial charge in [0.05, 0.1) is 0 Å². The Labute approximate surface area is 140 Å². The van der Waals surface area contributed by atoms with Gasteiger partial charge in [-0.3, -0.25) is 0 Å². The molecule has 2 aromatic rings. The van der Waals surface area contributed by atoms with Crippen LogP contribution in [0.5, 0.6) is 11.5 Å². The number of aromatic carboxylic acids is 1. The molecule has 1 N–H and O–H groups in total. The number of hydrogen-bond acceptors (Lipinski definition) is 5. The Kier molecular flexibility index (Phi) is 5.21. The van der Waals surface area contributed by atoms with Gasteiger partial charge in [-0.1, -0.05) is 30.3 Å². The van der Waals surface area contributed by atoms with Gasteiger partial charge in [-0.05, 0) is 17.7 Å². The minimum atomic E-state index is -6.01. The van der Waals surface area contributed by atoms with Gasteiger partial charge in [0.1, 0.15) is 17.9 Å². The van der Waals surface area contributed by atoms with Gasteiger partial charge in [-0.2, -0.15) is 21.6 Å². The van der Waals surface area contributed by atoms with E-state index in [1.54, 1.807) is 30.3 Å². The van der Waals surface area contributed by atoms with E-state index >= 15 is 0 Å². The van der Waals surface area contributed by atoms with E-state index in [9.17, 15) is 26.4 Å². The molecule has 0 amide bonds. The standard InChI is InChI=1S/C15H11F3O6S/c16-15(17,18)25(21,22)24-13-8-11(6-7-12(13)14(19)20)23-9-10-4-2-1-3-5-10/h1-8H,9H2,(H,19,20). The Balaban J connectivity index is 2.29. The zero-order valence-corrected chi connectivity index (χ0v) is 13.2. The van der Waals surface area contributed by atoms with Crippen LogP contribution in [-0.2, 0) is 16.7 Å². The Morgan fingerprint density at radius 1 is 1.08 bits per heavy atom. The number of rotatable bonds is 6. The van der Waals surface area contributed by atoms with Gasteiger partial charge >= 0.3 is 21.6 Å². The smallest absolute Gasteiger partial charge is 0.489 e. The number of hydrogen-bond donors (Lipinski definition) is 1. The summed E-state index contributed by atoms with van der Waals surface area (Å²) >= 11 is 0. The lowest BCUT2D eigenvalue weighted by molar-refractivity contribution is -0.0500. The van der Waals surface area contributed by atoms with E-state index in [0.29, 0.717) is 0 Å². The number of ether oxygens (including phenoxy) is 1. The first-order chi connectivity index (χ1) is 11.6. The Hall–Kier alpha value is -2.75. The molecule has 0 fully saturated rings. The molecule has 6 nitrogen and oxygen atoms in total. The highest BCUT2D eigenvalue weighted by atomic mass is 32.2. The van der Waals surface area contributed by atoms with Crippen LogP contribution in [0, 0.1) is 0 Å². The molecule has 2 aromatic carbocycles. The molecule has 0 aliphatic heterocycles. The molecule has 0 unspecified atom stereocenters. The van der Waals surface area contributed by atoms with Crippen LogP contribution in [0.25, 0.3) is 0 Å². The summed E-state index contributed by atoms with van der Waals surface area (Å²) in [5.41, 5.74) is -5.70. The van der Waals surface area contributed by atoms with Crippen molar-refractivity contribution < 1.29 is 40.4 Å². The lowest BCUT2D eigenvalue weighted by Crippen LogP contribution is -2.28. The molecular weight excluding hydrogens is 365 g/mol. The second-order valence-electron chi connectivity index (χ2n) is 4.72. The second kappa shape index (κ2) is 7.01. The van der Waals surface area contributed by atoms with Crippen LogP contribution >= 0.6 is 0 Å². The summed E-state index contributed by atoms with van der Waals surface area (Å²) in [6.07, 6.45) is 0. The predicted octanol–water partition coefficient (Wildman–Crippen LogP) is 3.19. The van der Waals surface area contributed by atoms with Crippen LogP contribution in [0.3, 0.4) is 0 Å². The number of carbonyl (C=O) groups is 1. The predicted molar refractivity (Wildman–Crippen MR) is 79.8 cm³/mol. The topological polar surface area (TPSA) is 89.9 Å². The minimum Gasteiger partial charge on any atom is -0.489 e. The van der Waals surface area contributed by atoms with Crippen molar-refractivity contribution in [3.8, 4) is 11.5 Å². The van der Waals surface area contributed by atoms with Crippen molar-refractivity contribution in [2.75, 3.05) is 0 Å². The summed E-state index contributed by atoms with van der Waals surface area (Å²) in [7, 11) is -6.01. The molecule has 134 valence electrons. The fourth-order valence-electron chi connectivity index (χ4n) is 1.74. The molecule has 0 saturated carbocycles. The number of benzene rings is 2. The molecule has 0 radical (unpaired) electrons. The Morgan fingerprint density at radius 2 is 1.72 bits per heavy atom. The third-order valence-corrected chi connectivity index (χ3v) is 3.88. The summed E-state index contributed by atoms with van der Waals surface area (Å²) in [5, 5.41) is 8.97. The first kappa shape index (κ1) is 18.6. The highest BCUT2D eigenvalue weighted by Crippen LogP contribution is 2.31. The van der Waals surface area contributed by atoms with Crippen molar-refractivity contribution in [1.82, 2.24) is 0 Å². The molecule has 0 spiro atoms. The molecule has 10 heteroatoms. The fourth-order valence-corrected chi connectivity index (χ4v) is 2.21. The van der Waals surface area contributed by atoms with Gasteiger partial charge in [0, 0.05) is 6.07 Å². The highest BCUT2D eigenvalue weighted by Gasteiger charge is 2.49. The SMILES string of the molecule is O=C(O)c1ccc(OCc2ccccc2)cc1OS(=O)(=O)C(F)(F)F. The van der Waals surface area contributed by atoms with E-state index in [1.165, 1.54) is 6.07 Å². The molecule has 25 heavy (non-hydrogen) atoms. The van der Waals surface area contributed by atoms with E-state index in [0.717, 1.165) is 17.7 Å². The number of alkyl halides is 3. The van der Waals surface area contributed by atoms with Crippen LogP contribution in [0.2, 0.25) is 0 Å². The van der Waals surface area contributed by atoms with Gasteiger partial charge in [0.15, 0.2) is 5.75 Å². The highest BCUT2D eigenvalue weighted by molar-refractivity contribution is 7.88. The van der Waals surface area contributed by atoms with Crippen molar-refractivity contribution in [2.24, 2.45) is 0 Å². The van der Waals surface area contributed by atoms with Gasteiger partial charge in [-0.25, -0.2) is 4.79 Å². The fraction of sp³-hybridized carbons (Fsp3) is 0.133. The maximum Gasteiger partial charge on any atom is 0.534 e. The molecule has 0 heterocycles. The molecule has 0 saturated heterocycles. The summed E-state index contributed by atoms with van der Waals surface area (Å²) in [5.74, 6) is -2.70. The number of carboxylic acids is 1. The largest absolute Gasteiger partial charge is 0.534 e. The molecule has 0 atom stereocenters. The first-order valence-corrected chi connectivity index (χ1v) is 8.06. The molecular formula is C15H11F3O6S. The van der Waals surface area contributed by atoms with Crippen molar-refractivity contribution >= 4 is 16.1 Å². The molecule has 0 aromatic heterocycles. The van der Waals surface area contributed by atoms with Crippen molar-refractivity contribution in [3.63, 3.8) is 0 Å². The third-order valence-electron chi connectivity index (χ3n) is 2.91. The first-order valence-electron chi connectivity index (χ1n) is 6.65. The van der Waals surface area contributed by atoms with Gasteiger partial charge < -0.3 is 14.0 Å². The zero-order chi connectivity index (χ0) is 18.7. The van der Waals surface area contributed by atoms with E-state index in [2.05, 4.69) is 4.18 Å². The number of halogens is 3. The van der Waals surface area contributed by atoms with E-state index in [1.807, 2.05) is 0 Å². The molecule has 0 bridgehead atoms. The average molecular weight is 376 g/mol. The average Bonchev–Trinajstić information content (AvgIpc) is 2.52. The lowest BCUT2D eigenvalue weighted by Gasteiger charge is -2.13. The van der Waals surface area contributed by atoms with Crippen LogP contribution in [-0.4, -0.2) is 25.0 Å². The Bertz CT molecular complexity index is 863. The van der Waals surface area contributed by atoms with Gasteiger partial charge in [0.2, 0.25) is 0 Å². The molecule has 0 aliphatic rings. The van der Waals surface area contributed by atoms with Crippen molar-refractivity contribution in [2.45, 2.75) is 12.1 Å². The Morgan fingerprint density at radius 3 is 2.28 bits per heavy atom. The number of carboxylic acid groups (broad SMARTS) is 1. The van der Waals surface area contributed by atoms with Crippen LogP contribution < -0.4 is 8.92 Å². The minimum absolute atomic E-state index is 0.0404. The quantitative estimate of drug-likeness (QED) is 0.615. The zero-order valence-electron chi connectivity index (χ0n) is 12.4. The van der Waals surface area contributed by atoms with Crippen LogP contribution in [0.15, 0.2) is 48.5 Å². The summed E-state index contributed by atoms with van der Waals surface area (Å²) < 4.78 is 68.8. The van der Waals surface area contributed by atoms with Crippen molar-refractivity contribution in [3.05, 3.63) is 59.7 Å². The summed E-state index contributed by atoms with van der Waals surface area (Å²) in [6, 6.07) is 11.6. The molecule has 2 rings (SSSR count). The monoisotopic (exact) mass is 376 g/mol. The second-order valence-corrected chi connectivity index (χ2v) is 6.26. The molecule has 0 aliphatic carbocycles. The normalized spacial score (nSPS) is 11.8. The van der Waals surface area contributed by atoms with Gasteiger partial charge in [-0.15, -0.1) is 0 Å². The maximum absolute atomic E-state index is 12.4. The summed E-state index contributed by atoms with van der Waals surface area (Å²) in [4.78, 5) is 11.1. The summed E-state index contributed by atoms with van der Waals surface area (Å²) in [6.45, 7) is 0.0404.